The molecule has 0 aromatic rings. The van der Waals surface area contributed by atoms with Crippen LogP contribution in [0.3, 0.4) is 0 Å². The highest BCUT2D eigenvalue weighted by atomic mass is 31.2. The summed E-state index contributed by atoms with van der Waals surface area (Å²) in [5.41, 5.74) is 5.40. The first-order valence-electron chi connectivity index (χ1n) is 33.5. The van der Waals surface area contributed by atoms with Crippen LogP contribution in [-0.2, 0) is 200 Å². The number of phosphoric acid groups is 15. The lowest BCUT2D eigenvalue weighted by atomic mass is 10.2. The minimum absolute atomic E-state index is 0.498. The number of rotatable bonds is 88. The zero-order valence-electron chi connectivity index (χ0n) is 63.7. The lowest BCUT2D eigenvalue weighted by Gasteiger charge is -2.29. The third-order valence-corrected chi connectivity index (χ3v) is 26.3. The van der Waals surface area contributed by atoms with E-state index in [0.717, 1.165) is 22.2 Å². The third kappa shape index (κ3) is 73.3. The maximum absolute atomic E-state index is 13.0. The van der Waals surface area contributed by atoms with E-state index in [1.54, 1.807) is 0 Å². The van der Waals surface area contributed by atoms with Gasteiger partial charge in [0.25, 0.3) is 117 Å². The summed E-state index contributed by atoms with van der Waals surface area (Å²) in [7, 11) is -80.8. The van der Waals surface area contributed by atoms with E-state index in [1.165, 1.54) is 5.54 Å². The fraction of sp³-hybridized carbons (Fsp3) is 1.00. The molecule has 758 valence electrons. The van der Waals surface area contributed by atoms with Crippen molar-refractivity contribution in [1.82, 2.24) is 27.7 Å². The fourth-order valence-electron chi connectivity index (χ4n) is 6.66. The zero-order valence-corrected chi connectivity index (χ0v) is 77.1. The molecule has 0 aliphatic rings. The molecule has 0 heterocycles. The Bertz CT molecular complexity index is 3810. The average molecular weight is 2170 g/mol. The van der Waals surface area contributed by atoms with Gasteiger partial charge in [-0.25, -0.2) is 0 Å². The van der Waals surface area contributed by atoms with Gasteiger partial charge in [-0.15, -0.1) is 22.4 Å². The monoisotopic (exact) mass is 2170 g/mol. The molecule has 0 rings (SSSR count). The molecule has 0 spiro atoms. The molecule has 20 atom stereocenters. The van der Waals surface area contributed by atoms with Gasteiger partial charge in [-0.1, -0.05) is 0 Å². The van der Waals surface area contributed by atoms with E-state index in [-0.39, 0.29) is 0 Å². The van der Waals surface area contributed by atoms with E-state index in [4.69, 9.17) is 10.00 Å². The predicted molar refractivity (Wildman–Crippen MR) is 359 cm³/mol. The maximum atomic E-state index is 13.0. The number of hydrogen-bond donors (Lipinski definition) is 7. The molecule has 7 N–H and O–H groups in total. The van der Waals surface area contributed by atoms with Crippen molar-refractivity contribution in [1.29, 1.82) is 0 Å². The Morgan fingerprint density at radius 3 is 0.381 bits per heavy atom. The van der Waals surface area contributed by atoms with Crippen molar-refractivity contribution in [2.75, 3.05) is 231 Å². The quantitative estimate of drug-likeness (QED) is 0.0129. The fourth-order valence-corrected chi connectivity index (χ4v) is 17.2. The number of hydrogen-bond acceptors (Lipinski definition) is 65. The lowest BCUT2D eigenvalue weighted by Crippen LogP contribution is -2.28. The molecule has 0 aliphatic heterocycles. The summed E-state index contributed by atoms with van der Waals surface area (Å²) in [5, 5.41) is 9.03. The van der Waals surface area contributed by atoms with Crippen LogP contribution in [0.4, 0.5) is 22.4 Å². The van der Waals surface area contributed by atoms with E-state index in [0.29, 0.717) is 0 Å². The van der Waals surface area contributed by atoms with Gasteiger partial charge in [-0.3, -0.25) is 68.5 Å². The predicted octanol–water partition coefficient (Wildman–Crippen LogP) is -8.07. The number of nitrogens with one attached hydrogen (secondary N) is 5. The Kier molecular flexibility index (Phi) is 64.9. The molecule has 126 heavy (non-hydrogen) atoms. The maximum Gasteiger partial charge on any atom is 0.268 e. The Morgan fingerprint density at radius 2 is 0.278 bits per heavy atom. The highest BCUT2D eigenvalue weighted by molar-refractivity contribution is 7.49. The molecule has 0 bridgehead atoms. The summed E-state index contributed by atoms with van der Waals surface area (Å²) < 4.78 is 369. The molecule has 66 nitrogen and oxygen atoms in total. The van der Waals surface area contributed by atoms with Gasteiger partial charge in [0.2, 0.25) is 0 Å². The van der Waals surface area contributed by atoms with Gasteiger partial charge in [0.05, 0.1) is 192 Å². The Balaban J connectivity index is 4.63. The topological polar surface area (TPSA) is 970 Å². The summed E-state index contributed by atoms with van der Waals surface area (Å²) in [5.74, 6) is -6.92. The van der Waals surface area contributed by atoms with E-state index >= 15 is 0 Å². The lowest BCUT2D eigenvalue weighted by molar-refractivity contribution is -0.239. The van der Waals surface area contributed by atoms with Crippen molar-refractivity contribution in [2.45, 2.75) is 0 Å². The van der Waals surface area contributed by atoms with Crippen molar-refractivity contribution in [3.63, 3.8) is 0 Å². The van der Waals surface area contributed by atoms with Gasteiger partial charge < -0.3 is 215 Å². The minimum atomic E-state index is -5.52. The highest BCUT2D eigenvalue weighted by Gasteiger charge is 2.27. The van der Waals surface area contributed by atoms with Gasteiger partial charge >= 0.3 is 0 Å². The van der Waals surface area contributed by atoms with Gasteiger partial charge in [0, 0.05) is 68.9 Å². The van der Waals surface area contributed by atoms with Gasteiger partial charge in [-0.2, -0.15) is 27.7 Å². The number of aliphatic hydroxyl groups excluding tert-OH is 1. The Hall–Kier alpha value is 1.06. The second-order valence-electron chi connectivity index (χ2n) is 22.3. The Labute approximate surface area is 708 Å². The van der Waals surface area contributed by atoms with Gasteiger partial charge in [-0.05, 0) is 0 Å². The molecular weight excluding hydrogens is 2090 g/mol. The molecule has 0 saturated carbocycles. The molecule has 0 saturated heterocycles. The summed E-state index contributed by atoms with van der Waals surface area (Å²) in [6.07, 6.45) is 0. The van der Waals surface area contributed by atoms with Crippen LogP contribution in [0.5, 0.6) is 0 Å². The minimum Gasteiger partial charge on any atom is -0.756 e. The standard InChI is InChI=1S/C40H97F5N5O61P15/c41-46-21-36(26-51)27-104-119(67,68)95-15-16-98-122(73,74)107-32-39(24-49-44)33-109-124(77,78)100-19-20-102-126(81,82)111-35-40(25-50-45)34-110-125(79,80)101-18-17-99-123(75,76)108-31-38(23-48-43)30-106-121(71,72)97-14-12-94-118(65,66)92-10-8-90-116(61,62)88-6-4-86-114(57,58)84-2-1-83-113(55,56)85-3-5-87-115(59,60)89-7-9-91-117(63,64)93-11-13-96-120(69,70)105-29-37(22-47-42)28-103-112(52,53)54/h36-40,46-51H,1-35H2,(H,55,56)(H,57,58)(H,59,60)(H,61,62)(H,63,64)(H,65,66)(H,67,68)(H,69,70)(H,71,72)(H,73,74)(H,75,76)(H,77,78)(H,79,80)(H,81,82)(H2,52,53,54)/p-15. The summed E-state index contributed by atoms with van der Waals surface area (Å²) in [6, 6.07) is 0. The SMILES string of the molecule is O=P([O-])(O)OCC(CNF)COP(=O)([O-])OCCOP(=O)([O-])OCCOP(=O)([O-])OCCOP(=O)([O-])OCCOP(=O)([O-])OCCOP(=O)([O-])OCCOP(=O)([O-])OCCOP(=O)([O-])OCC(CNF)COP(=O)([O-])OCCOP(=O)([O-])OCC(CNF)COP(=O)([O-])OCCOP(=O)([O-])OCC(CNF)COP(=O)([O-])OCCOP(=O)([O-])OCC(CO)CNF. The summed E-state index contributed by atoms with van der Waals surface area (Å²) in [6.45, 7) is -36.3. The van der Waals surface area contributed by atoms with Crippen LogP contribution in [0.15, 0.2) is 0 Å². The zero-order chi connectivity index (χ0) is 96.2. The molecule has 0 aliphatic carbocycles. The van der Waals surface area contributed by atoms with E-state index in [1.807, 2.05) is 0 Å². The molecule has 20 unspecified atom stereocenters. The smallest absolute Gasteiger partial charge is 0.268 e. The van der Waals surface area contributed by atoms with Crippen LogP contribution in [0.2, 0.25) is 0 Å². The first kappa shape index (κ1) is 127. The van der Waals surface area contributed by atoms with E-state index < -0.39 is 378 Å². The second-order valence-corrected chi connectivity index (χ2v) is 43.2. The first-order chi connectivity index (χ1) is 58.1. The van der Waals surface area contributed by atoms with Crippen LogP contribution in [0.1, 0.15) is 0 Å². The summed E-state index contributed by atoms with van der Waals surface area (Å²) in [4.78, 5) is 188. The first-order valence-corrected chi connectivity index (χ1v) is 55.4. The van der Waals surface area contributed by atoms with Gasteiger partial charge in [0.15, 0.2) is 0 Å². The van der Waals surface area contributed by atoms with Crippen molar-refractivity contribution < 1.29 is 305 Å². The number of halogens is 5. The largest absolute Gasteiger partial charge is 0.756 e. The highest BCUT2D eigenvalue weighted by Crippen LogP contribution is 2.50. The van der Waals surface area contributed by atoms with Crippen LogP contribution < -0.4 is 101 Å². The molecule has 0 amide bonds. The van der Waals surface area contributed by atoms with Crippen LogP contribution in [0, 0.1) is 29.6 Å². The van der Waals surface area contributed by atoms with Gasteiger partial charge in [0.1, 0.15) is 0 Å². The van der Waals surface area contributed by atoms with Crippen LogP contribution in [0.25, 0.3) is 0 Å². The normalized spacial score (nSPS) is 20.9. The van der Waals surface area contributed by atoms with Crippen LogP contribution in [-0.4, -0.2) is 241 Å². The van der Waals surface area contributed by atoms with Crippen molar-refractivity contribution in [3.05, 3.63) is 0 Å². The molecular formula is C40H82F5N5O61P15-15. The molecule has 0 fully saturated rings. The van der Waals surface area contributed by atoms with Crippen molar-refractivity contribution in [2.24, 2.45) is 29.6 Å². The summed E-state index contributed by atoms with van der Waals surface area (Å²) >= 11 is 0. The Morgan fingerprint density at radius 1 is 0.183 bits per heavy atom. The van der Waals surface area contributed by atoms with Crippen molar-refractivity contribution in [3.8, 4) is 0 Å². The van der Waals surface area contributed by atoms with E-state index in [9.17, 15) is 164 Å². The number of phosphoric ester groups is 15. The molecule has 86 heteroatoms. The molecule has 0 radical (unpaired) electrons. The van der Waals surface area contributed by atoms with E-state index in [2.05, 4.69) is 131 Å². The molecule has 0 aromatic heterocycles. The molecule has 0 aromatic carbocycles. The third-order valence-electron chi connectivity index (χ3n) is 12.1. The van der Waals surface area contributed by atoms with Crippen LogP contribution >= 0.6 is 117 Å². The average Bonchev–Trinajstić information content (AvgIpc) is 0.906. The second kappa shape index (κ2) is 64.3. The van der Waals surface area contributed by atoms with Crippen molar-refractivity contribution >= 4 is 117 Å². The number of aliphatic hydroxyl groups is 1.